The minimum Gasteiger partial charge on any atom is -0.355 e. The Bertz CT molecular complexity index is 276. The zero-order valence-corrected chi connectivity index (χ0v) is 7.66. The standard InChI is InChI=1S/C9H14N2O/c1-7(2)9(12)10-8-4-5-11(3)6-8/h4-7H,1-3H3,(H,10,12). The largest absolute Gasteiger partial charge is 0.355 e. The van der Waals surface area contributed by atoms with Crippen LogP contribution in [-0.2, 0) is 11.8 Å². The van der Waals surface area contributed by atoms with E-state index in [1.54, 1.807) is 0 Å². The fraction of sp³-hybridized carbons (Fsp3) is 0.444. The number of hydrogen-bond donors (Lipinski definition) is 1. The number of aromatic nitrogens is 1. The van der Waals surface area contributed by atoms with Crippen LogP contribution in [0.4, 0.5) is 5.69 Å². The van der Waals surface area contributed by atoms with E-state index in [-0.39, 0.29) is 11.8 Å². The van der Waals surface area contributed by atoms with Crippen LogP contribution in [0.25, 0.3) is 0 Å². The van der Waals surface area contributed by atoms with Crippen molar-refractivity contribution in [2.75, 3.05) is 5.32 Å². The summed E-state index contributed by atoms with van der Waals surface area (Å²) in [4.78, 5) is 11.2. The molecule has 3 heteroatoms. The van der Waals surface area contributed by atoms with Gasteiger partial charge in [0.25, 0.3) is 0 Å². The van der Waals surface area contributed by atoms with Gasteiger partial charge in [-0.3, -0.25) is 4.79 Å². The lowest BCUT2D eigenvalue weighted by atomic mass is 10.2. The highest BCUT2D eigenvalue weighted by Crippen LogP contribution is 2.07. The lowest BCUT2D eigenvalue weighted by Crippen LogP contribution is -2.17. The molecule has 0 spiro atoms. The Morgan fingerprint density at radius 3 is 2.67 bits per heavy atom. The van der Waals surface area contributed by atoms with Crippen molar-refractivity contribution in [3.8, 4) is 0 Å². The Morgan fingerprint density at radius 1 is 1.58 bits per heavy atom. The second-order valence-corrected chi connectivity index (χ2v) is 3.21. The molecule has 1 aromatic rings. The zero-order valence-electron chi connectivity index (χ0n) is 7.66. The van der Waals surface area contributed by atoms with Crippen LogP contribution in [0.5, 0.6) is 0 Å². The van der Waals surface area contributed by atoms with Crippen LogP contribution in [0.1, 0.15) is 13.8 Å². The van der Waals surface area contributed by atoms with Gasteiger partial charge in [-0.1, -0.05) is 13.8 Å². The maximum atomic E-state index is 11.2. The van der Waals surface area contributed by atoms with Crippen molar-refractivity contribution in [3.05, 3.63) is 18.5 Å². The topological polar surface area (TPSA) is 34.0 Å². The van der Waals surface area contributed by atoms with Gasteiger partial charge in [-0.15, -0.1) is 0 Å². The number of carbonyl (C=O) groups excluding carboxylic acids is 1. The highest BCUT2D eigenvalue weighted by molar-refractivity contribution is 5.91. The molecule has 0 aliphatic heterocycles. The first-order chi connectivity index (χ1) is 5.59. The average molecular weight is 166 g/mol. The Hall–Kier alpha value is -1.25. The van der Waals surface area contributed by atoms with E-state index in [0.717, 1.165) is 5.69 Å². The molecule has 0 unspecified atom stereocenters. The van der Waals surface area contributed by atoms with Gasteiger partial charge >= 0.3 is 0 Å². The molecule has 0 bridgehead atoms. The van der Waals surface area contributed by atoms with Crippen LogP contribution in [0.2, 0.25) is 0 Å². The molecule has 1 rings (SSSR count). The summed E-state index contributed by atoms with van der Waals surface area (Å²) in [5.74, 6) is 0.0893. The molecule has 0 aromatic carbocycles. The highest BCUT2D eigenvalue weighted by atomic mass is 16.1. The molecular weight excluding hydrogens is 152 g/mol. The van der Waals surface area contributed by atoms with Crippen molar-refractivity contribution in [2.45, 2.75) is 13.8 Å². The van der Waals surface area contributed by atoms with E-state index in [2.05, 4.69) is 5.32 Å². The number of carbonyl (C=O) groups is 1. The molecular formula is C9H14N2O. The second-order valence-electron chi connectivity index (χ2n) is 3.21. The summed E-state index contributed by atoms with van der Waals surface area (Å²) in [6.07, 6.45) is 3.77. The highest BCUT2D eigenvalue weighted by Gasteiger charge is 2.06. The first kappa shape index (κ1) is 8.84. The normalized spacial score (nSPS) is 10.3. The van der Waals surface area contributed by atoms with Crippen LogP contribution in [-0.4, -0.2) is 10.5 Å². The minimum atomic E-state index is 0.0326. The number of hydrogen-bond acceptors (Lipinski definition) is 1. The molecule has 3 nitrogen and oxygen atoms in total. The Balaban J connectivity index is 2.58. The Labute approximate surface area is 72.4 Å². The number of aryl methyl sites for hydroxylation is 1. The number of amides is 1. The molecule has 1 aromatic heterocycles. The van der Waals surface area contributed by atoms with E-state index in [4.69, 9.17) is 0 Å². The smallest absolute Gasteiger partial charge is 0.226 e. The van der Waals surface area contributed by atoms with Gasteiger partial charge in [0.1, 0.15) is 0 Å². The molecule has 66 valence electrons. The number of anilines is 1. The summed E-state index contributed by atoms with van der Waals surface area (Å²) in [7, 11) is 1.92. The summed E-state index contributed by atoms with van der Waals surface area (Å²) in [5, 5.41) is 2.80. The summed E-state index contributed by atoms with van der Waals surface area (Å²) >= 11 is 0. The van der Waals surface area contributed by atoms with Crippen LogP contribution >= 0.6 is 0 Å². The lowest BCUT2D eigenvalue weighted by molar-refractivity contribution is -0.118. The third-order valence-corrected chi connectivity index (χ3v) is 1.62. The zero-order chi connectivity index (χ0) is 9.14. The second kappa shape index (κ2) is 3.43. The monoisotopic (exact) mass is 166 g/mol. The van der Waals surface area contributed by atoms with Crippen molar-refractivity contribution in [3.63, 3.8) is 0 Å². The van der Waals surface area contributed by atoms with E-state index >= 15 is 0 Å². The molecule has 0 aliphatic rings. The van der Waals surface area contributed by atoms with Crippen LogP contribution in [0.15, 0.2) is 18.5 Å². The van der Waals surface area contributed by atoms with E-state index in [0.29, 0.717) is 0 Å². The Morgan fingerprint density at radius 2 is 2.25 bits per heavy atom. The Kier molecular flexibility index (Phi) is 2.53. The molecule has 12 heavy (non-hydrogen) atoms. The lowest BCUT2D eigenvalue weighted by Gasteiger charge is -2.04. The first-order valence-electron chi connectivity index (χ1n) is 4.02. The molecule has 1 amide bonds. The maximum absolute atomic E-state index is 11.2. The summed E-state index contributed by atoms with van der Waals surface area (Å²) in [6, 6.07) is 1.88. The van der Waals surface area contributed by atoms with Crippen LogP contribution < -0.4 is 5.32 Å². The first-order valence-corrected chi connectivity index (χ1v) is 4.02. The van der Waals surface area contributed by atoms with Gasteiger partial charge in [-0.2, -0.15) is 0 Å². The predicted octanol–water partition coefficient (Wildman–Crippen LogP) is 1.62. The minimum absolute atomic E-state index is 0.0326. The summed E-state index contributed by atoms with van der Waals surface area (Å²) < 4.78 is 1.90. The third-order valence-electron chi connectivity index (χ3n) is 1.62. The van der Waals surface area contributed by atoms with E-state index < -0.39 is 0 Å². The third kappa shape index (κ3) is 2.12. The maximum Gasteiger partial charge on any atom is 0.226 e. The number of nitrogens with zero attached hydrogens (tertiary/aromatic N) is 1. The van der Waals surface area contributed by atoms with Crippen molar-refractivity contribution < 1.29 is 4.79 Å². The van der Waals surface area contributed by atoms with Gasteiger partial charge in [0.05, 0.1) is 5.69 Å². The molecule has 0 fully saturated rings. The summed E-state index contributed by atoms with van der Waals surface area (Å²) in [6.45, 7) is 3.75. The predicted molar refractivity (Wildman–Crippen MR) is 48.9 cm³/mol. The summed E-state index contributed by atoms with van der Waals surface area (Å²) in [5.41, 5.74) is 0.858. The average Bonchev–Trinajstić information content (AvgIpc) is 2.35. The van der Waals surface area contributed by atoms with Crippen molar-refractivity contribution in [1.82, 2.24) is 4.57 Å². The van der Waals surface area contributed by atoms with Crippen LogP contribution in [0, 0.1) is 5.92 Å². The van der Waals surface area contributed by atoms with Gasteiger partial charge in [-0.25, -0.2) is 0 Å². The van der Waals surface area contributed by atoms with Crippen molar-refractivity contribution in [1.29, 1.82) is 0 Å². The number of rotatable bonds is 2. The molecule has 0 atom stereocenters. The van der Waals surface area contributed by atoms with Gasteiger partial charge in [0.2, 0.25) is 5.91 Å². The molecule has 0 saturated carbocycles. The molecule has 1 N–H and O–H groups in total. The van der Waals surface area contributed by atoms with Crippen molar-refractivity contribution in [2.24, 2.45) is 13.0 Å². The molecule has 0 aliphatic carbocycles. The van der Waals surface area contributed by atoms with E-state index in [1.807, 2.05) is 43.9 Å². The van der Waals surface area contributed by atoms with E-state index in [9.17, 15) is 4.79 Å². The SMILES string of the molecule is CC(C)C(=O)Nc1ccn(C)c1. The molecule has 0 saturated heterocycles. The molecule has 0 radical (unpaired) electrons. The quantitative estimate of drug-likeness (QED) is 0.711. The fourth-order valence-electron chi connectivity index (χ4n) is 0.864. The van der Waals surface area contributed by atoms with E-state index in [1.165, 1.54) is 0 Å². The van der Waals surface area contributed by atoms with Crippen molar-refractivity contribution >= 4 is 11.6 Å². The molecule has 1 heterocycles. The fourth-order valence-corrected chi connectivity index (χ4v) is 0.864. The van der Waals surface area contributed by atoms with Gasteiger partial charge in [0.15, 0.2) is 0 Å². The van der Waals surface area contributed by atoms with Gasteiger partial charge < -0.3 is 9.88 Å². The van der Waals surface area contributed by atoms with Gasteiger partial charge in [0, 0.05) is 25.4 Å². The number of nitrogens with one attached hydrogen (secondary N) is 1. The van der Waals surface area contributed by atoms with Crippen LogP contribution in [0.3, 0.4) is 0 Å². The van der Waals surface area contributed by atoms with Gasteiger partial charge in [-0.05, 0) is 6.07 Å².